The van der Waals surface area contributed by atoms with Crippen LogP contribution in [-0.4, -0.2) is 55.0 Å². The molecule has 0 spiro atoms. The molecule has 3 saturated heterocycles. The number of rotatable bonds is 3. The molecule has 150 valence electrons. The Hall–Kier alpha value is -1.92. The normalized spacial score (nSPS) is 40.2. The van der Waals surface area contributed by atoms with Gasteiger partial charge in [0.05, 0.1) is 25.6 Å². The molecule has 4 heterocycles. The molecule has 0 amide bonds. The molecule has 0 radical (unpaired) electrons. The SMILES string of the molecule is CC[C@@H]1C[C@@H]2CN3CC[C@]4(O)C(=Nc5ccc(OC)cc54)[C@@](C(=O)OC)(C2)[C@@H]13. The molecule has 1 aromatic rings. The maximum Gasteiger partial charge on any atom is 0.319 e. The van der Waals surface area contributed by atoms with Crippen LogP contribution in [0, 0.1) is 17.3 Å². The van der Waals surface area contributed by atoms with Crippen molar-refractivity contribution in [2.24, 2.45) is 22.2 Å². The number of fused-ring (bicyclic) bond motifs is 4. The molecule has 1 saturated carbocycles. The zero-order valence-corrected chi connectivity index (χ0v) is 16.8. The number of esters is 1. The summed E-state index contributed by atoms with van der Waals surface area (Å²) in [6, 6.07) is 5.65. The summed E-state index contributed by atoms with van der Waals surface area (Å²) in [7, 11) is 3.08. The lowest BCUT2D eigenvalue weighted by atomic mass is 9.54. The van der Waals surface area contributed by atoms with Crippen molar-refractivity contribution in [3.63, 3.8) is 0 Å². The zero-order chi connectivity index (χ0) is 19.7. The third-order valence-corrected chi connectivity index (χ3v) is 7.61. The maximum atomic E-state index is 13.4. The molecule has 4 aliphatic heterocycles. The molecule has 0 aromatic heterocycles. The van der Waals surface area contributed by atoms with Gasteiger partial charge in [-0.05, 0) is 49.3 Å². The summed E-state index contributed by atoms with van der Waals surface area (Å²) in [4.78, 5) is 20.7. The van der Waals surface area contributed by atoms with Gasteiger partial charge in [0.1, 0.15) is 16.8 Å². The molecule has 1 aliphatic carbocycles. The highest BCUT2D eigenvalue weighted by Crippen LogP contribution is 2.59. The van der Waals surface area contributed by atoms with Crippen LogP contribution in [-0.2, 0) is 15.1 Å². The van der Waals surface area contributed by atoms with E-state index in [9.17, 15) is 9.90 Å². The van der Waals surface area contributed by atoms with Crippen LogP contribution in [0.4, 0.5) is 5.69 Å². The monoisotopic (exact) mass is 384 g/mol. The smallest absolute Gasteiger partial charge is 0.319 e. The van der Waals surface area contributed by atoms with Crippen LogP contribution in [0.5, 0.6) is 5.75 Å². The van der Waals surface area contributed by atoms with Gasteiger partial charge in [0.2, 0.25) is 0 Å². The Labute approximate surface area is 165 Å². The molecular weight excluding hydrogens is 356 g/mol. The van der Waals surface area contributed by atoms with Gasteiger partial charge in [-0.1, -0.05) is 13.3 Å². The topological polar surface area (TPSA) is 71.4 Å². The fraction of sp³-hybridized carbons (Fsp3) is 0.636. The van der Waals surface area contributed by atoms with Gasteiger partial charge >= 0.3 is 5.97 Å². The van der Waals surface area contributed by atoms with Gasteiger partial charge in [-0.2, -0.15) is 0 Å². The van der Waals surface area contributed by atoms with Crippen molar-refractivity contribution in [2.45, 2.75) is 44.2 Å². The standard InChI is InChI=1S/C22H28N2O4/c1-4-14-9-13-11-21(20(25)28-3)18(14)24(12-13)8-7-22(26)16-10-15(27-2)5-6-17(16)23-19(21)22/h5-6,10,13-14,18,26H,4,7-9,11-12H2,1-3H3/t13-,14+,18+,21+,22+/m0/s1. The van der Waals surface area contributed by atoms with Gasteiger partial charge in [0, 0.05) is 24.7 Å². The Kier molecular flexibility index (Phi) is 3.91. The van der Waals surface area contributed by atoms with Crippen molar-refractivity contribution in [3.05, 3.63) is 23.8 Å². The summed E-state index contributed by atoms with van der Waals surface area (Å²) >= 11 is 0. The predicted molar refractivity (Wildman–Crippen MR) is 105 cm³/mol. The van der Waals surface area contributed by atoms with E-state index in [4.69, 9.17) is 14.5 Å². The number of piperidine rings is 2. The molecule has 28 heavy (non-hydrogen) atoms. The highest BCUT2D eigenvalue weighted by molar-refractivity contribution is 6.15. The first-order valence-electron chi connectivity index (χ1n) is 10.3. The van der Waals surface area contributed by atoms with Crippen molar-refractivity contribution >= 4 is 17.4 Å². The number of methoxy groups -OCH3 is 2. The quantitative estimate of drug-likeness (QED) is 0.812. The molecule has 4 bridgehead atoms. The van der Waals surface area contributed by atoms with Crippen LogP contribution < -0.4 is 4.74 Å². The van der Waals surface area contributed by atoms with Gasteiger partial charge in [-0.3, -0.25) is 14.7 Å². The number of aliphatic hydroxyl groups is 1. The Balaban J connectivity index is 1.74. The summed E-state index contributed by atoms with van der Waals surface area (Å²) in [6.07, 6.45) is 3.40. The molecule has 6 atom stereocenters. The number of hydrogen-bond acceptors (Lipinski definition) is 6. The number of carbonyl (C=O) groups excluding carboxylic acids is 1. The third kappa shape index (κ3) is 2.10. The van der Waals surface area contributed by atoms with E-state index < -0.39 is 11.0 Å². The first-order valence-corrected chi connectivity index (χ1v) is 10.3. The number of ether oxygens (including phenoxy) is 2. The zero-order valence-electron chi connectivity index (χ0n) is 16.8. The first-order chi connectivity index (χ1) is 13.5. The Morgan fingerprint density at radius 1 is 1.39 bits per heavy atom. The van der Waals surface area contributed by atoms with E-state index >= 15 is 0 Å². The van der Waals surface area contributed by atoms with E-state index in [2.05, 4.69) is 11.8 Å². The van der Waals surface area contributed by atoms with Crippen LogP contribution in [0.3, 0.4) is 0 Å². The van der Waals surface area contributed by atoms with Crippen LogP contribution in [0.1, 0.15) is 38.2 Å². The van der Waals surface area contributed by atoms with Crippen molar-refractivity contribution in [1.82, 2.24) is 4.90 Å². The fourth-order valence-electron chi connectivity index (χ4n) is 6.59. The Morgan fingerprint density at radius 3 is 2.93 bits per heavy atom. The third-order valence-electron chi connectivity index (χ3n) is 7.61. The number of hydrogen-bond donors (Lipinski definition) is 1. The van der Waals surface area contributed by atoms with Crippen LogP contribution >= 0.6 is 0 Å². The fourth-order valence-corrected chi connectivity index (χ4v) is 6.59. The number of benzene rings is 1. The van der Waals surface area contributed by atoms with E-state index in [0.29, 0.717) is 36.1 Å². The van der Waals surface area contributed by atoms with E-state index in [1.165, 1.54) is 7.11 Å². The summed E-state index contributed by atoms with van der Waals surface area (Å²) < 4.78 is 10.8. The van der Waals surface area contributed by atoms with Crippen molar-refractivity contribution < 1.29 is 19.4 Å². The average Bonchev–Trinajstić information content (AvgIpc) is 3.00. The summed E-state index contributed by atoms with van der Waals surface area (Å²) in [5.41, 5.74) is -0.0401. The summed E-state index contributed by atoms with van der Waals surface area (Å²) in [6.45, 7) is 3.95. The molecule has 6 heteroatoms. The summed E-state index contributed by atoms with van der Waals surface area (Å²) in [5, 5.41) is 12.0. The molecule has 1 aromatic carbocycles. The molecule has 6 nitrogen and oxygen atoms in total. The largest absolute Gasteiger partial charge is 0.497 e. The van der Waals surface area contributed by atoms with Crippen molar-refractivity contribution in [3.8, 4) is 5.75 Å². The van der Waals surface area contributed by atoms with Gasteiger partial charge < -0.3 is 14.6 Å². The van der Waals surface area contributed by atoms with Gasteiger partial charge in [0.15, 0.2) is 0 Å². The average molecular weight is 384 g/mol. The lowest BCUT2D eigenvalue weighted by molar-refractivity contribution is -0.164. The minimum Gasteiger partial charge on any atom is -0.497 e. The highest BCUT2D eigenvalue weighted by atomic mass is 16.5. The van der Waals surface area contributed by atoms with E-state index in [-0.39, 0.29) is 12.0 Å². The molecule has 5 aliphatic rings. The Morgan fingerprint density at radius 2 is 2.21 bits per heavy atom. The van der Waals surface area contributed by atoms with Crippen LogP contribution in [0.15, 0.2) is 23.2 Å². The molecule has 4 fully saturated rings. The first kappa shape index (κ1) is 18.1. The predicted octanol–water partition coefficient (Wildman–Crippen LogP) is 2.65. The van der Waals surface area contributed by atoms with Crippen molar-refractivity contribution in [1.29, 1.82) is 0 Å². The van der Waals surface area contributed by atoms with E-state index in [1.54, 1.807) is 7.11 Å². The van der Waals surface area contributed by atoms with Crippen LogP contribution in [0.25, 0.3) is 0 Å². The minimum absolute atomic E-state index is 0.0407. The van der Waals surface area contributed by atoms with Gasteiger partial charge in [-0.15, -0.1) is 0 Å². The number of aliphatic imine (C=N–C) groups is 1. The second kappa shape index (κ2) is 6.04. The second-order valence-corrected chi connectivity index (χ2v) is 8.83. The van der Waals surface area contributed by atoms with E-state index in [0.717, 1.165) is 37.2 Å². The molecule has 1 N–H and O–H groups in total. The maximum absolute atomic E-state index is 13.4. The van der Waals surface area contributed by atoms with Crippen LogP contribution in [0.2, 0.25) is 0 Å². The molecule has 1 unspecified atom stereocenters. The van der Waals surface area contributed by atoms with Gasteiger partial charge in [0.25, 0.3) is 0 Å². The minimum atomic E-state index is -1.25. The van der Waals surface area contributed by atoms with Crippen molar-refractivity contribution in [2.75, 3.05) is 27.3 Å². The van der Waals surface area contributed by atoms with Gasteiger partial charge in [-0.25, -0.2) is 0 Å². The highest BCUT2D eigenvalue weighted by Gasteiger charge is 2.68. The number of nitrogens with zero attached hydrogens (tertiary/aromatic N) is 2. The number of carbonyl (C=O) groups is 1. The lowest BCUT2D eigenvalue weighted by Crippen LogP contribution is -2.68. The Bertz CT molecular complexity index is 868. The lowest BCUT2D eigenvalue weighted by Gasteiger charge is -2.58. The molecular formula is C22H28N2O4. The molecule has 6 rings (SSSR count). The van der Waals surface area contributed by atoms with E-state index in [1.807, 2.05) is 18.2 Å². The second-order valence-electron chi connectivity index (χ2n) is 8.83. The summed E-state index contributed by atoms with van der Waals surface area (Å²) in [5.74, 6) is 1.28.